The third-order valence-corrected chi connectivity index (χ3v) is 4.64. The van der Waals surface area contributed by atoms with Crippen LogP contribution in [0.1, 0.15) is 28.1 Å². The molecule has 1 heterocycles. The van der Waals surface area contributed by atoms with Gasteiger partial charge in [-0.15, -0.1) is 0 Å². The molecule has 5 nitrogen and oxygen atoms in total. The maximum Gasteiger partial charge on any atom is 0.161 e. The van der Waals surface area contributed by atoms with Crippen molar-refractivity contribution in [1.82, 2.24) is 10.5 Å². The summed E-state index contributed by atoms with van der Waals surface area (Å²) >= 11 is 0. The number of halogens is 1. The van der Waals surface area contributed by atoms with Gasteiger partial charge in [0.15, 0.2) is 11.5 Å². The molecule has 3 rings (SSSR count). The third-order valence-electron chi connectivity index (χ3n) is 4.64. The summed E-state index contributed by atoms with van der Waals surface area (Å²) in [6.07, 6.45) is 0.641. The van der Waals surface area contributed by atoms with E-state index in [2.05, 4.69) is 10.5 Å². The van der Waals surface area contributed by atoms with Gasteiger partial charge < -0.3 is 19.3 Å². The van der Waals surface area contributed by atoms with E-state index < -0.39 is 0 Å². The molecule has 0 saturated carbocycles. The van der Waals surface area contributed by atoms with E-state index in [4.69, 9.17) is 14.0 Å². The van der Waals surface area contributed by atoms with Crippen molar-refractivity contribution >= 4 is 0 Å². The Morgan fingerprint density at radius 2 is 1.93 bits per heavy atom. The SMILES string of the molecule is COc1cc(CNCCc2ccccc2F)ccc1OCc1c(C)noc1C. The van der Waals surface area contributed by atoms with Crippen LogP contribution in [0.15, 0.2) is 47.0 Å². The first-order valence-corrected chi connectivity index (χ1v) is 9.24. The zero-order valence-electron chi connectivity index (χ0n) is 16.4. The average Bonchev–Trinajstić information content (AvgIpc) is 3.03. The summed E-state index contributed by atoms with van der Waals surface area (Å²) in [4.78, 5) is 0. The number of ether oxygens (including phenoxy) is 2. The summed E-state index contributed by atoms with van der Waals surface area (Å²) < 4.78 is 30.2. The molecule has 0 unspecified atom stereocenters. The maximum atomic E-state index is 13.6. The number of nitrogens with one attached hydrogen (secondary N) is 1. The van der Waals surface area contributed by atoms with Crippen LogP contribution in [0.3, 0.4) is 0 Å². The number of hydrogen-bond donors (Lipinski definition) is 1. The summed E-state index contributed by atoms with van der Waals surface area (Å²) in [5.74, 6) is 1.93. The summed E-state index contributed by atoms with van der Waals surface area (Å²) in [5.41, 5.74) is 3.55. The van der Waals surface area contributed by atoms with Crippen molar-refractivity contribution in [3.8, 4) is 11.5 Å². The van der Waals surface area contributed by atoms with Crippen LogP contribution in [0.5, 0.6) is 11.5 Å². The number of hydrogen-bond acceptors (Lipinski definition) is 5. The van der Waals surface area contributed by atoms with Gasteiger partial charge in [-0.1, -0.05) is 29.4 Å². The monoisotopic (exact) mass is 384 g/mol. The van der Waals surface area contributed by atoms with Crippen molar-refractivity contribution in [1.29, 1.82) is 0 Å². The number of benzene rings is 2. The Kier molecular flexibility index (Phi) is 6.66. The Balaban J connectivity index is 1.54. The minimum atomic E-state index is -0.161. The first-order chi connectivity index (χ1) is 13.6. The molecule has 6 heteroatoms. The molecule has 148 valence electrons. The fourth-order valence-corrected chi connectivity index (χ4v) is 2.96. The zero-order chi connectivity index (χ0) is 19.9. The number of rotatable bonds is 9. The lowest BCUT2D eigenvalue weighted by atomic mass is 10.1. The van der Waals surface area contributed by atoms with Crippen LogP contribution in [0, 0.1) is 19.7 Å². The van der Waals surface area contributed by atoms with Crippen molar-refractivity contribution in [2.24, 2.45) is 0 Å². The number of methoxy groups -OCH3 is 1. The van der Waals surface area contributed by atoms with Crippen LogP contribution in [-0.4, -0.2) is 18.8 Å². The lowest BCUT2D eigenvalue weighted by molar-refractivity contribution is 0.281. The molecule has 28 heavy (non-hydrogen) atoms. The Bertz CT molecular complexity index is 904. The van der Waals surface area contributed by atoms with Gasteiger partial charge in [-0.3, -0.25) is 0 Å². The van der Waals surface area contributed by atoms with Crippen molar-refractivity contribution in [3.63, 3.8) is 0 Å². The first kappa shape index (κ1) is 19.9. The minimum absolute atomic E-state index is 0.161. The highest BCUT2D eigenvalue weighted by molar-refractivity contribution is 5.43. The van der Waals surface area contributed by atoms with E-state index >= 15 is 0 Å². The smallest absolute Gasteiger partial charge is 0.161 e. The van der Waals surface area contributed by atoms with Crippen molar-refractivity contribution in [3.05, 3.63) is 76.4 Å². The van der Waals surface area contributed by atoms with Crippen molar-refractivity contribution in [2.75, 3.05) is 13.7 Å². The Hall–Kier alpha value is -2.86. The van der Waals surface area contributed by atoms with Crippen LogP contribution in [0.2, 0.25) is 0 Å². The van der Waals surface area contributed by atoms with Gasteiger partial charge in [0, 0.05) is 6.54 Å². The molecule has 0 saturated heterocycles. The average molecular weight is 384 g/mol. The molecule has 2 aromatic carbocycles. The van der Waals surface area contributed by atoms with E-state index in [0.717, 1.165) is 28.1 Å². The molecule has 0 aliphatic rings. The maximum absolute atomic E-state index is 13.6. The Morgan fingerprint density at radius 1 is 1.11 bits per heavy atom. The van der Waals surface area contributed by atoms with Gasteiger partial charge in [0.25, 0.3) is 0 Å². The molecule has 0 atom stereocenters. The van der Waals surface area contributed by atoms with Crippen LogP contribution in [-0.2, 0) is 19.6 Å². The third kappa shape index (κ3) is 4.89. The topological polar surface area (TPSA) is 56.5 Å². The van der Waals surface area contributed by atoms with Gasteiger partial charge in [0.2, 0.25) is 0 Å². The Morgan fingerprint density at radius 3 is 2.64 bits per heavy atom. The molecule has 0 aliphatic carbocycles. The molecule has 0 radical (unpaired) electrons. The van der Waals surface area contributed by atoms with Crippen LogP contribution in [0.25, 0.3) is 0 Å². The van der Waals surface area contributed by atoms with E-state index in [1.807, 2.05) is 44.2 Å². The molecule has 0 aliphatic heterocycles. The second-order valence-electron chi connectivity index (χ2n) is 6.59. The highest BCUT2D eigenvalue weighted by atomic mass is 19.1. The number of aryl methyl sites for hydroxylation is 2. The molecular formula is C22H25FN2O3. The molecule has 1 N–H and O–H groups in total. The number of aromatic nitrogens is 1. The predicted molar refractivity (Wildman–Crippen MR) is 105 cm³/mol. The van der Waals surface area contributed by atoms with Gasteiger partial charge in [0.1, 0.15) is 18.2 Å². The second-order valence-corrected chi connectivity index (χ2v) is 6.59. The summed E-state index contributed by atoms with van der Waals surface area (Å²) in [5, 5.41) is 7.27. The van der Waals surface area contributed by atoms with Crippen LogP contribution in [0.4, 0.5) is 4.39 Å². The molecule has 3 aromatic rings. The molecule has 0 fully saturated rings. The molecule has 0 amide bonds. The second kappa shape index (κ2) is 9.37. The molecule has 0 bridgehead atoms. The van der Waals surface area contributed by atoms with Crippen LogP contribution >= 0.6 is 0 Å². The van der Waals surface area contributed by atoms with Crippen molar-refractivity contribution < 1.29 is 18.4 Å². The van der Waals surface area contributed by atoms with E-state index in [0.29, 0.717) is 37.6 Å². The van der Waals surface area contributed by atoms with Gasteiger partial charge in [-0.25, -0.2) is 4.39 Å². The minimum Gasteiger partial charge on any atom is -0.493 e. The quantitative estimate of drug-likeness (QED) is 0.556. The highest BCUT2D eigenvalue weighted by Gasteiger charge is 2.12. The Labute approximate surface area is 164 Å². The van der Waals surface area contributed by atoms with Gasteiger partial charge in [-0.05, 0) is 56.1 Å². The summed E-state index contributed by atoms with van der Waals surface area (Å²) in [7, 11) is 1.62. The standard InChI is InChI=1S/C22H25FN2O3/c1-15-19(16(2)28-25-15)14-27-21-9-8-17(12-22(21)26-3)13-24-11-10-18-6-4-5-7-20(18)23/h4-9,12,24H,10-11,13-14H2,1-3H3. The largest absolute Gasteiger partial charge is 0.493 e. The first-order valence-electron chi connectivity index (χ1n) is 9.24. The fraction of sp³-hybridized carbons (Fsp3) is 0.318. The van der Waals surface area contributed by atoms with Gasteiger partial charge in [-0.2, -0.15) is 0 Å². The van der Waals surface area contributed by atoms with E-state index in [1.54, 1.807) is 13.2 Å². The summed E-state index contributed by atoms with van der Waals surface area (Å²) in [6.45, 7) is 5.48. The normalized spacial score (nSPS) is 10.9. The zero-order valence-corrected chi connectivity index (χ0v) is 16.4. The molecule has 0 spiro atoms. The van der Waals surface area contributed by atoms with Gasteiger partial charge in [0.05, 0.1) is 18.4 Å². The highest BCUT2D eigenvalue weighted by Crippen LogP contribution is 2.29. The molecule has 1 aromatic heterocycles. The van der Waals surface area contributed by atoms with Crippen molar-refractivity contribution in [2.45, 2.75) is 33.4 Å². The summed E-state index contributed by atoms with van der Waals surface area (Å²) in [6, 6.07) is 12.7. The molecular weight excluding hydrogens is 359 g/mol. The lowest BCUT2D eigenvalue weighted by Gasteiger charge is -2.13. The van der Waals surface area contributed by atoms with E-state index in [1.165, 1.54) is 6.07 Å². The number of nitrogens with zero attached hydrogens (tertiary/aromatic N) is 1. The lowest BCUT2D eigenvalue weighted by Crippen LogP contribution is -2.17. The predicted octanol–water partition coefficient (Wildman–Crippen LogP) is 4.35. The van der Waals surface area contributed by atoms with Gasteiger partial charge >= 0.3 is 0 Å². The van der Waals surface area contributed by atoms with Crippen LogP contribution < -0.4 is 14.8 Å². The fourth-order valence-electron chi connectivity index (χ4n) is 2.96. The van der Waals surface area contributed by atoms with E-state index in [-0.39, 0.29) is 5.82 Å². The van der Waals surface area contributed by atoms with E-state index in [9.17, 15) is 4.39 Å².